The summed E-state index contributed by atoms with van der Waals surface area (Å²) in [5, 5.41) is 0. The summed E-state index contributed by atoms with van der Waals surface area (Å²) >= 11 is 0. The Morgan fingerprint density at radius 1 is 1.13 bits per heavy atom. The summed E-state index contributed by atoms with van der Waals surface area (Å²) in [4.78, 5) is 22.0. The van der Waals surface area contributed by atoms with Crippen molar-refractivity contribution in [2.45, 2.75) is 45.2 Å². The number of nitrogens with zero attached hydrogens (tertiary/aromatic N) is 4. The number of aromatic nitrogens is 2. The molecule has 0 N–H and O–H groups in total. The van der Waals surface area contributed by atoms with Crippen LogP contribution in [0.1, 0.15) is 43.9 Å². The fraction of sp³-hybridized carbons (Fsp3) is 0.360. The van der Waals surface area contributed by atoms with Gasteiger partial charge in [0.15, 0.2) is 0 Å². The SMILES string of the molecule is CC(C)c1cn(C(=O)N(c2cccc(F)c2)C2CCN(Cc3ccccc3)CC2)cn1. The molecule has 2 heterocycles. The van der Waals surface area contributed by atoms with Gasteiger partial charge in [0.05, 0.1) is 5.69 Å². The lowest BCUT2D eigenvalue weighted by molar-refractivity contribution is 0.197. The number of hydrogen-bond acceptors (Lipinski definition) is 3. The topological polar surface area (TPSA) is 41.4 Å². The van der Waals surface area contributed by atoms with E-state index in [4.69, 9.17) is 0 Å². The molecule has 1 fully saturated rings. The van der Waals surface area contributed by atoms with Gasteiger partial charge in [0, 0.05) is 37.6 Å². The van der Waals surface area contributed by atoms with E-state index in [1.165, 1.54) is 22.3 Å². The first-order chi connectivity index (χ1) is 15.0. The normalized spacial score (nSPS) is 15.4. The van der Waals surface area contributed by atoms with E-state index in [2.05, 4.69) is 34.1 Å². The van der Waals surface area contributed by atoms with Gasteiger partial charge in [0.2, 0.25) is 0 Å². The predicted molar refractivity (Wildman–Crippen MR) is 121 cm³/mol. The van der Waals surface area contributed by atoms with E-state index in [1.54, 1.807) is 29.6 Å². The Kier molecular flexibility index (Phi) is 6.47. The molecule has 1 aromatic heterocycles. The molecule has 0 saturated carbocycles. The molecule has 0 radical (unpaired) electrons. The molecule has 6 heteroatoms. The standard InChI is InChI=1S/C25H29FN4O/c1-19(2)24-17-29(18-27-24)25(31)30(23-10-6-9-21(26)15-23)22-11-13-28(14-12-22)16-20-7-4-3-5-8-20/h3-10,15,17-19,22H,11-14,16H2,1-2H3. The van der Waals surface area contributed by atoms with Gasteiger partial charge >= 0.3 is 6.03 Å². The third-order valence-corrected chi connectivity index (χ3v) is 5.88. The number of carbonyl (C=O) groups excluding carboxylic acids is 1. The summed E-state index contributed by atoms with van der Waals surface area (Å²) in [5.41, 5.74) is 2.75. The van der Waals surface area contributed by atoms with Crippen LogP contribution in [0.3, 0.4) is 0 Å². The largest absolute Gasteiger partial charge is 0.334 e. The number of rotatable bonds is 5. The van der Waals surface area contributed by atoms with Crippen molar-refractivity contribution in [3.8, 4) is 0 Å². The molecule has 4 rings (SSSR count). The Bertz CT molecular complexity index is 1010. The van der Waals surface area contributed by atoms with Crippen LogP contribution in [0.2, 0.25) is 0 Å². The van der Waals surface area contributed by atoms with Crippen molar-refractivity contribution in [2.24, 2.45) is 0 Å². The predicted octanol–water partition coefficient (Wildman–Crippen LogP) is 5.28. The fourth-order valence-electron chi connectivity index (χ4n) is 4.15. The summed E-state index contributed by atoms with van der Waals surface area (Å²) in [6, 6.07) is 16.5. The third kappa shape index (κ3) is 5.02. The maximum Gasteiger partial charge on any atom is 0.334 e. The van der Waals surface area contributed by atoms with Gasteiger partial charge in [-0.25, -0.2) is 14.2 Å². The first-order valence-electron chi connectivity index (χ1n) is 10.9. The van der Waals surface area contributed by atoms with Crippen LogP contribution < -0.4 is 4.90 Å². The van der Waals surface area contributed by atoms with Gasteiger partial charge in [0.25, 0.3) is 0 Å². The van der Waals surface area contributed by atoms with Gasteiger partial charge in [0.1, 0.15) is 12.1 Å². The first kappa shape index (κ1) is 21.2. The van der Waals surface area contributed by atoms with Crippen LogP contribution in [0.25, 0.3) is 0 Å². The molecular weight excluding hydrogens is 391 g/mol. The highest BCUT2D eigenvalue weighted by molar-refractivity contribution is 5.94. The molecule has 0 aliphatic carbocycles. The van der Waals surface area contributed by atoms with Crippen molar-refractivity contribution in [2.75, 3.05) is 18.0 Å². The molecule has 31 heavy (non-hydrogen) atoms. The Labute approximate surface area is 183 Å². The monoisotopic (exact) mass is 420 g/mol. The number of hydrogen-bond donors (Lipinski definition) is 0. The number of carbonyl (C=O) groups is 1. The molecular formula is C25H29FN4O. The molecule has 0 atom stereocenters. The zero-order valence-corrected chi connectivity index (χ0v) is 18.1. The lowest BCUT2D eigenvalue weighted by atomic mass is 10.0. The fourth-order valence-corrected chi connectivity index (χ4v) is 4.15. The molecule has 2 aromatic carbocycles. The molecule has 3 aromatic rings. The number of piperidine rings is 1. The minimum Gasteiger partial charge on any atom is -0.299 e. The van der Waals surface area contributed by atoms with E-state index >= 15 is 0 Å². The van der Waals surface area contributed by atoms with Gasteiger partial charge < -0.3 is 0 Å². The van der Waals surface area contributed by atoms with E-state index < -0.39 is 0 Å². The summed E-state index contributed by atoms with van der Waals surface area (Å²) < 4.78 is 15.5. The van der Waals surface area contributed by atoms with E-state index in [0.29, 0.717) is 5.69 Å². The number of halogens is 1. The minimum atomic E-state index is -0.342. The highest BCUT2D eigenvalue weighted by atomic mass is 19.1. The Hall–Kier alpha value is -2.99. The maximum absolute atomic E-state index is 14.0. The maximum atomic E-state index is 14.0. The van der Waals surface area contributed by atoms with Crippen LogP contribution in [-0.2, 0) is 6.54 Å². The highest BCUT2D eigenvalue weighted by Gasteiger charge is 2.30. The second kappa shape index (κ2) is 9.43. The summed E-state index contributed by atoms with van der Waals surface area (Å²) in [7, 11) is 0. The summed E-state index contributed by atoms with van der Waals surface area (Å²) in [6.07, 6.45) is 5.01. The third-order valence-electron chi connectivity index (χ3n) is 5.88. The number of benzene rings is 2. The molecule has 0 spiro atoms. The molecule has 0 unspecified atom stereocenters. The second-order valence-corrected chi connectivity index (χ2v) is 8.49. The number of anilines is 1. The van der Waals surface area contributed by atoms with Crippen LogP contribution in [0.4, 0.5) is 14.9 Å². The average molecular weight is 421 g/mol. The Morgan fingerprint density at radius 3 is 2.52 bits per heavy atom. The number of amides is 1. The van der Waals surface area contributed by atoms with Gasteiger partial charge in [-0.1, -0.05) is 50.2 Å². The molecule has 162 valence electrons. The van der Waals surface area contributed by atoms with E-state index in [1.807, 2.05) is 19.9 Å². The molecule has 1 aliphatic rings. The second-order valence-electron chi connectivity index (χ2n) is 8.49. The van der Waals surface area contributed by atoms with E-state index in [0.717, 1.165) is 38.2 Å². The quantitative estimate of drug-likeness (QED) is 0.564. The van der Waals surface area contributed by atoms with Crippen LogP contribution >= 0.6 is 0 Å². The average Bonchev–Trinajstić information content (AvgIpc) is 3.27. The van der Waals surface area contributed by atoms with Crippen LogP contribution in [0, 0.1) is 5.82 Å². The van der Waals surface area contributed by atoms with Crippen molar-refractivity contribution in [1.82, 2.24) is 14.5 Å². The lowest BCUT2D eigenvalue weighted by Gasteiger charge is -2.38. The van der Waals surface area contributed by atoms with Gasteiger partial charge in [-0.3, -0.25) is 14.4 Å². The van der Waals surface area contributed by atoms with Crippen molar-refractivity contribution in [3.05, 3.63) is 84.2 Å². The van der Waals surface area contributed by atoms with Crippen molar-refractivity contribution < 1.29 is 9.18 Å². The van der Waals surface area contributed by atoms with E-state index in [-0.39, 0.29) is 23.8 Å². The van der Waals surface area contributed by atoms with Crippen LogP contribution in [-0.4, -0.2) is 39.6 Å². The zero-order chi connectivity index (χ0) is 21.8. The Morgan fingerprint density at radius 2 is 1.87 bits per heavy atom. The highest BCUT2D eigenvalue weighted by Crippen LogP contribution is 2.26. The summed E-state index contributed by atoms with van der Waals surface area (Å²) in [6.45, 7) is 6.77. The number of imidazole rings is 1. The van der Waals surface area contributed by atoms with Crippen LogP contribution in [0.15, 0.2) is 67.1 Å². The van der Waals surface area contributed by atoms with Crippen molar-refractivity contribution in [1.29, 1.82) is 0 Å². The van der Waals surface area contributed by atoms with Gasteiger partial charge in [-0.2, -0.15) is 0 Å². The number of likely N-dealkylation sites (tertiary alicyclic amines) is 1. The van der Waals surface area contributed by atoms with E-state index in [9.17, 15) is 9.18 Å². The van der Waals surface area contributed by atoms with Gasteiger partial charge in [-0.15, -0.1) is 0 Å². The molecule has 0 bridgehead atoms. The minimum absolute atomic E-state index is 0.00576. The van der Waals surface area contributed by atoms with Crippen LogP contribution in [0.5, 0.6) is 0 Å². The van der Waals surface area contributed by atoms with Gasteiger partial charge in [-0.05, 0) is 42.5 Å². The molecule has 5 nitrogen and oxygen atoms in total. The smallest absolute Gasteiger partial charge is 0.299 e. The Balaban J connectivity index is 1.53. The first-order valence-corrected chi connectivity index (χ1v) is 10.9. The molecule has 1 amide bonds. The zero-order valence-electron chi connectivity index (χ0n) is 18.1. The van der Waals surface area contributed by atoms with Crippen molar-refractivity contribution >= 4 is 11.7 Å². The molecule has 1 aliphatic heterocycles. The summed E-state index contributed by atoms with van der Waals surface area (Å²) in [5.74, 6) is -0.108. The molecule has 1 saturated heterocycles. The van der Waals surface area contributed by atoms with Crippen molar-refractivity contribution in [3.63, 3.8) is 0 Å². The lowest BCUT2D eigenvalue weighted by Crippen LogP contribution is -2.48.